The molecule has 1 amide bonds. The van der Waals surface area contributed by atoms with Crippen molar-refractivity contribution in [3.8, 4) is 0 Å². The summed E-state index contributed by atoms with van der Waals surface area (Å²) in [4.78, 5) is 19.7. The van der Waals surface area contributed by atoms with Gasteiger partial charge < -0.3 is 19.8 Å². The lowest BCUT2D eigenvalue weighted by atomic mass is 9.94. The van der Waals surface area contributed by atoms with Gasteiger partial charge in [0.2, 0.25) is 5.89 Å². The molecule has 154 valence electrons. The highest BCUT2D eigenvalue weighted by molar-refractivity contribution is 14.0. The largest absolute Gasteiger partial charge is 0.453 e. The number of aliphatic imine (C=N–C) groups is 1. The SMILES string of the molecule is CN=C(NCc1ccc(NC(=O)OC)cc1)NCc1ncc(C(C)(C)C)o1.I. The fourth-order valence-electron chi connectivity index (χ4n) is 2.18. The van der Waals surface area contributed by atoms with Crippen molar-refractivity contribution < 1.29 is 13.9 Å². The molecule has 0 saturated heterocycles. The molecular weight excluding hydrogens is 473 g/mol. The van der Waals surface area contributed by atoms with E-state index in [0.717, 1.165) is 11.3 Å². The summed E-state index contributed by atoms with van der Waals surface area (Å²) in [6.45, 7) is 7.26. The Labute approximate surface area is 182 Å². The minimum atomic E-state index is -0.494. The van der Waals surface area contributed by atoms with Crippen LogP contribution in [-0.2, 0) is 23.2 Å². The van der Waals surface area contributed by atoms with Crippen LogP contribution in [0.25, 0.3) is 0 Å². The summed E-state index contributed by atoms with van der Waals surface area (Å²) < 4.78 is 10.3. The maximum atomic E-state index is 11.2. The quantitative estimate of drug-likeness (QED) is 0.329. The van der Waals surface area contributed by atoms with Crippen molar-refractivity contribution in [3.63, 3.8) is 0 Å². The molecule has 1 aromatic carbocycles. The highest BCUT2D eigenvalue weighted by atomic mass is 127. The van der Waals surface area contributed by atoms with Gasteiger partial charge in [0.25, 0.3) is 0 Å². The van der Waals surface area contributed by atoms with Gasteiger partial charge in [0.1, 0.15) is 5.76 Å². The number of anilines is 1. The van der Waals surface area contributed by atoms with Gasteiger partial charge in [0.05, 0.1) is 19.9 Å². The van der Waals surface area contributed by atoms with Crippen LogP contribution in [0.1, 0.15) is 38.0 Å². The lowest BCUT2D eigenvalue weighted by Crippen LogP contribution is -2.36. The second kappa shape index (κ2) is 10.9. The van der Waals surface area contributed by atoms with E-state index >= 15 is 0 Å². The number of hydrogen-bond acceptors (Lipinski definition) is 5. The molecule has 0 aliphatic heterocycles. The Hall–Kier alpha value is -2.30. The van der Waals surface area contributed by atoms with Crippen LogP contribution < -0.4 is 16.0 Å². The van der Waals surface area contributed by atoms with Crippen molar-refractivity contribution in [2.45, 2.75) is 39.3 Å². The van der Waals surface area contributed by atoms with Gasteiger partial charge in [-0.1, -0.05) is 32.9 Å². The molecule has 0 aliphatic carbocycles. The Morgan fingerprint density at radius 3 is 2.36 bits per heavy atom. The number of benzene rings is 1. The monoisotopic (exact) mass is 501 g/mol. The predicted molar refractivity (Wildman–Crippen MR) is 120 cm³/mol. The topological polar surface area (TPSA) is 101 Å². The predicted octanol–water partition coefficient (Wildman–Crippen LogP) is 3.63. The van der Waals surface area contributed by atoms with Gasteiger partial charge >= 0.3 is 6.09 Å². The molecule has 1 aromatic heterocycles. The minimum Gasteiger partial charge on any atom is -0.453 e. The Morgan fingerprint density at radius 2 is 1.82 bits per heavy atom. The minimum absolute atomic E-state index is 0. The number of rotatable bonds is 5. The molecule has 0 aliphatic rings. The van der Waals surface area contributed by atoms with Gasteiger partial charge in [0.15, 0.2) is 5.96 Å². The lowest BCUT2D eigenvalue weighted by molar-refractivity contribution is 0.187. The molecule has 2 aromatic rings. The molecule has 3 N–H and O–H groups in total. The average Bonchev–Trinajstić information content (AvgIpc) is 3.12. The zero-order valence-electron chi connectivity index (χ0n) is 16.8. The van der Waals surface area contributed by atoms with Gasteiger partial charge in [0, 0.05) is 24.7 Å². The third-order valence-electron chi connectivity index (χ3n) is 3.77. The number of carbonyl (C=O) groups is 1. The summed E-state index contributed by atoms with van der Waals surface area (Å²) in [5.41, 5.74) is 1.64. The molecular formula is C19H28IN5O3. The van der Waals surface area contributed by atoms with Crippen LogP contribution in [0.15, 0.2) is 39.9 Å². The third-order valence-corrected chi connectivity index (χ3v) is 3.77. The summed E-state index contributed by atoms with van der Waals surface area (Å²) in [5.74, 6) is 2.10. The van der Waals surface area contributed by atoms with Crippen molar-refractivity contribution in [1.82, 2.24) is 15.6 Å². The van der Waals surface area contributed by atoms with Gasteiger partial charge in [-0.2, -0.15) is 0 Å². The highest BCUT2D eigenvalue weighted by Gasteiger charge is 2.19. The zero-order chi connectivity index (χ0) is 19.9. The molecule has 0 spiro atoms. The van der Waals surface area contributed by atoms with Crippen LogP contribution >= 0.6 is 24.0 Å². The van der Waals surface area contributed by atoms with Crippen LogP contribution in [0.3, 0.4) is 0 Å². The molecule has 9 heteroatoms. The van der Waals surface area contributed by atoms with Crippen molar-refractivity contribution in [3.05, 3.63) is 47.7 Å². The standard InChI is InChI=1S/C19H27N5O3.HI/c1-19(2,3)15-11-21-16(27-15)12-23-17(20-4)22-10-13-6-8-14(9-7-13)24-18(25)26-5;/h6-9,11H,10,12H2,1-5H3,(H,24,25)(H2,20,22,23);1H. The molecule has 0 saturated carbocycles. The van der Waals surface area contributed by atoms with Crippen LogP contribution in [0.5, 0.6) is 0 Å². The van der Waals surface area contributed by atoms with E-state index in [9.17, 15) is 4.79 Å². The van der Waals surface area contributed by atoms with Gasteiger partial charge in [-0.15, -0.1) is 24.0 Å². The molecule has 0 bridgehead atoms. The number of nitrogens with zero attached hydrogens (tertiary/aromatic N) is 2. The first kappa shape index (κ1) is 23.7. The average molecular weight is 501 g/mol. The zero-order valence-corrected chi connectivity index (χ0v) is 19.2. The number of methoxy groups -OCH3 is 1. The molecule has 28 heavy (non-hydrogen) atoms. The Balaban J connectivity index is 0.00000392. The molecule has 0 atom stereocenters. The van der Waals surface area contributed by atoms with Gasteiger partial charge in [-0.05, 0) is 17.7 Å². The van der Waals surface area contributed by atoms with Crippen molar-refractivity contribution >= 4 is 41.7 Å². The number of amides is 1. The van der Waals surface area contributed by atoms with Crippen LogP contribution in [-0.4, -0.2) is 31.2 Å². The van der Waals surface area contributed by atoms with E-state index in [1.165, 1.54) is 7.11 Å². The van der Waals surface area contributed by atoms with E-state index in [2.05, 4.69) is 51.4 Å². The Bertz CT molecular complexity index is 782. The maximum Gasteiger partial charge on any atom is 0.411 e. The summed E-state index contributed by atoms with van der Waals surface area (Å²) in [5, 5.41) is 9.01. The molecule has 0 radical (unpaired) electrons. The number of ether oxygens (including phenoxy) is 1. The summed E-state index contributed by atoms with van der Waals surface area (Å²) in [6.07, 6.45) is 1.27. The third kappa shape index (κ3) is 7.37. The maximum absolute atomic E-state index is 11.2. The van der Waals surface area contributed by atoms with E-state index in [4.69, 9.17) is 4.42 Å². The normalized spacial score (nSPS) is 11.4. The van der Waals surface area contributed by atoms with Gasteiger partial charge in [-0.25, -0.2) is 9.78 Å². The number of halogens is 1. The number of aromatic nitrogens is 1. The second-order valence-corrected chi connectivity index (χ2v) is 6.96. The first-order valence-electron chi connectivity index (χ1n) is 8.65. The molecule has 2 rings (SSSR count). The fraction of sp³-hybridized carbons (Fsp3) is 0.421. The Kier molecular flexibility index (Phi) is 9.23. The van der Waals surface area contributed by atoms with Crippen molar-refractivity contribution in [2.75, 3.05) is 19.5 Å². The summed E-state index contributed by atoms with van der Waals surface area (Å²) >= 11 is 0. The van der Waals surface area contributed by atoms with Crippen LogP contribution in [0.4, 0.5) is 10.5 Å². The fourth-order valence-corrected chi connectivity index (χ4v) is 2.18. The highest BCUT2D eigenvalue weighted by Crippen LogP contribution is 2.22. The van der Waals surface area contributed by atoms with Gasteiger partial charge in [-0.3, -0.25) is 10.3 Å². The molecule has 0 fully saturated rings. The first-order chi connectivity index (χ1) is 12.8. The second-order valence-electron chi connectivity index (χ2n) is 6.96. The van der Waals surface area contributed by atoms with E-state index < -0.39 is 6.09 Å². The van der Waals surface area contributed by atoms with Crippen LogP contribution in [0, 0.1) is 0 Å². The smallest absolute Gasteiger partial charge is 0.411 e. The number of nitrogens with one attached hydrogen (secondary N) is 3. The van der Waals surface area contributed by atoms with E-state index in [1.807, 2.05) is 24.3 Å². The molecule has 1 heterocycles. The number of oxazole rings is 1. The summed E-state index contributed by atoms with van der Waals surface area (Å²) in [6, 6.07) is 7.44. The van der Waals surface area contributed by atoms with Crippen molar-refractivity contribution in [2.24, 2.45) is 4.99 Å². The molecule has 8 nitrogen and oxygen atoms in total. The lowest BCUT2D eigenvalue weighted by Gasteiger charge is -2.13. The number of carbonyl (C=O) groups excluding carboxylic acids is 1. The summed E-state index contributed by atoms with van der Waals surface area (Å²) in [7, 11) is 3.03. The van der Waals surface area contributed by atoms with E-state index in [-0.39, 0.29) is 29.4 Å². The van der Waals surface area contributed by atoms with Crippen molar-refractivity contribution in [1.29, 1.82) is 0 Å². The Morgan fingerprint density at radius 1 is 1.18 bits per heavy atom. The van der Waals surface area contributed by atoms with E-state index in [0.29, 0.717) is 30.6 Å². The van der Waals surface area contributed by atoms with Crippen LogP contribution in [0.2, 0.25) is 0 Å². The number of hydrogen-bond donors (Lipinski definition) is 3. The number of guanidine groups is 1. The van der Waals surface area contributed by atoms with E-state index in [1.54, 1.807) is 13.2 Å². The molecule has 0 unspecified atom stereocenters. The first-order valence-corrected chi connectivity index (χ1v) is 8.65.